The molecule has 2 rings (SSSR count). The molecule has 1 aromatic rings. The molecule has 1 aliphatic rings. The van der Waals surface area contributed by atoms with Crippen molar-refractivity contribution in [2.45, 2.75) is 19.5 Å². The fraction of sp³-hybridized carbons (Fsp3) is 0.500. The van der Waals surface area contributed by atoms with Crippen molar-refractivity contribution >= 4 is 33.4 Å². The summed E-state index contributed by atoms with van der Waals surface area (Å²) in [6.07, 6.45) is 0. The molecule has 1 aromatic carbocycles. The van der Waals surface area contributed by atoms with Gasteiger partial charge < -0.3 is 10.6 Å². The minimum atomic E-state index is 0.602. The van der Waals surface area contributed by atoms with Crippen molar-refractivity contribution in [1.29, 1.82) is 0 Å². The third-order valence-electron chi connectivity index (χ3n) is 2.94. The number of thioether (sulfide) groups is 1. The smallest absolute Gasteiger partial charge is 0.0415 e. The molecule has 2 N–H and O–H groups in total. The molecule has 1 fully saturated rings. The number of anilines is 1. The number of rotatable bonds is 2. The van der Waals surface area contributed by atoms with Crippen LogP contribution >= 0.6 is 27.7 Å². The van der Waals surface area contributed by atoms with Crippen LogP contribution < -0.4 is 10.6 Å². The zero-order valence-corrected chi connectivity index (χ0v) is 11.9. The van der Waals surface area contributed by atoms with Gasteiger partial charge in [-0.25, -0.2) is 0 Å². The second-order valence-corrected chi connectivity index (χ2v) is 6.16. The van der Waals surface area contributed by atoms with E-state index >= 15 is 0 Å². The molecule has 1 saturated heterocycles. The first-order chi connectivity index (χ1) is 7.72. The van der Waals surface area contributed by atoms with Crippen LogP contribution in [0.2, 0.25) is 0 Å². The van der Waals surface area contributed by atoms with E-state index in [0.717, 1.165) is 11.0 Å². The lowest BCUT2D eigenvalue weighted by molar-refractivity contribution is 0.695. The molecule has 88 valence electrons. The van der Waals surface area contributed by atoms with Crippen molar-refractivity contribution in [1.82, 2.24) is 0 Å². The first kappa shape index (κ1) is 12.3. The van der Waals surface area contributed by atoms with Crippen LogP contribution in [-0.4, -0.2) is 24.1 Å². The van der Waals surface area contributed by atoms with E-state index in [1.165, 1.54) is 22.8 Å². The summed E-state index contributed by atoms with van der Waals surface area (Å²) in [5.74, 6) is 2.42. The van der Waals surface area contributed by atoms with Gasteiger partial charge in [-0.1, -0.05) is 15.9 Å². The molecule has 1 aliphatic heterocycles. The maximum Gasteiger partial charge on any atom is 0.0415 e. The SMILES string of the molecule is CC1CSCCN1c1ccc(Br)cc1CN. The molecule has 4 heteroatoms. The van der Waals surface area contributed by atoms with Crippen LogP contribution in [0.15, 0.2) is 22.7 Å². The highest BCUT2D eigenvalue weighted by atomic mass is 79.9. The maximum atomic E-state index is 5.82. The Morgan fingerprint density at radius 2 is 2.38 bits per heavy atom. The molecule has 0 bridgehead atoms. The molecule has 1 atom stereocenters. The lowest BCUT2D eigenvalue weighted by atomic mass is 10.1. The fourth-order valence-electron chi connectivity index (χ4n) is 2.08. The molecule has 1 heterocycles. The Morgan fingerprint density at radius 3 is 3.06 bits per heavy atom. The summed E-state index contributed by atoms with van der Waals surface area (Å²) in [5, 5.41) is 0. The number of nitrogens with zero attached hydrogens (tertiary/aromatic N) is 1. The molecule has 1 unspecified atom stereocenters. The van der Waals surface area contributed by atoms with Crippen LogP contribution in [-0.2, 0) is 6.54 Å². The zero-order valence-electron chi connectivity index (χ0n) is 9.45. The lowest BCUT2D eigenvalue weighted by Crippen LogP contribution is -2.41. The van der Waals surface area contributed by atoms with E-state index in [2.05, 4.69) is 46.0 Å². The maximum absolute atomic E-state index is 5.82. The Morgan fingerprint density at radius 1 is 1.56 bits per heavy atom. The van der Waals surface area contributed by atoms with Gasteiger partial charge in [-0.15, -0.1) is 0 Å². The zero-order chi connectivity index (χ0) is 11.5. The monoisotopic (exact) mass is 300 g/mol. The molecule has 0 aromatic heterocycles. The third kappa shape index (κ3) is 2.55. The van der Waals surface area contributed by atoms with E-state index in [9.17, 15) is 0 Å². The molecule has 0 radical (unpaired) electrons. The predicted octanol–water partition coefficient (Wildman–Crippen LogP) is 2.85. The van der Waals surface area contributed by atoms with Gasteiger partial charge in [0.1, 0.15) is 0 Å². The molecule has 16 heavy (non-hydrogen) atoms. The van der Waals surface area contributed by atoms with Crippen molar-refractivity contribution in [3.05, 3.63) is 28.2 Å². The predicted molar refractivity (Wildman–Crippen MR) is 76.2 cm³/mol. The summed E-state index contributed by atoms with van der Waals surface area (Å²) in [5.41, 5.74) is 8.35. The van der Waals surface area contributed by atoms with Crippen molar-refractivity contribution in [2.75, 3.05) is 23.0 Å². The van der Waals surface area contributed by atoms with E-state index in [1.807, 2.05) is 11.8 Å². The van der Waals surface area contributed by atoms with Gasteiger partial charge in [0.2, 0.25) is 0 Å². The van der Waals surface area contributed by atoms with Crippen LogP contribution in [0.4, 0.5) is 5.69 Å². The Hall–Kier alpha value is -0.190. The van der Waals surface area contributed by atoms with E-state index in [0.29, 0.717) is 12.6 Å². The van der Waals surface area contributed by atoms with Gasteiger partial charge in [-0.3, -0.25) is 0 Å². The van der Waals surface area contributed by atoms with Crippen LogP contribution in [0.5, 0.6) is 0 Å². The molecule has 2 nitrogen and oxygen atoms in total. The Labute approximate surface area is 110 Å². The summed E-state index contributed by atoms with van der Waals surface area (Å²) in [4.78, 5) is 2.48. The Bertz CT molecular complexity index is 370. The molecule has 0 amide bonds. The number of benzene rings is 1. The van der Waals surface area contributed by atoms with Gasteiger partial charge >= 0.3 is 0 Å². The fourth-order valence-corrected chi connectivity index (χ4v) is 3.50. The van der Waals surface area contributed by atoms with Crippen LogP contribution in [0.1, 0.15) is 12.5 Å². The topological polar surface area (TPSA) is 29.3 Å². The van der Waals surface area contributed by atoms with E-state index in [-0.39, 0.29) is 0 Å². The van der Waals surface area contributed by atoms with E-state index in [1.54, 1.807) is 0 Å². The standard InChI is InChI=1S/C12H17BrN2S/c1-9-8-16-5-4-15(9)12-3-2-11(13)6-10(12)7-14/h2-3,6,9H,4-5,7-8,14H2,1H3. The first-order valence-corrected chi connectivity index (χ1v) is 7.50. The quantitative estimate of drug-likeness (QED) is 0.911. The highest BCUT2D eigenvalue weighted by molar-refractivity contribution is 9.10. The van der Waals surface area contributed by atoms with Gasteiger partial charge in [0.25, 0.3) is 0 Å². The Balaban J connectivity index is 2.30. The molecule has 0 spiro atoms. The number of halogens is 1. The summed E-state index contributed by atoms with van der Waals surface area (Å²) < 4.78 is 1.11. The highest BCUT2D eigenvalue weighted by Gasteiger charge is 2.20. The van der Waals surface area contributed by atoms with Gasteiger partial charge in [-0.05, 0) is 30.7 Å². The van der Waals surface area contributed by atoms with E-state index in [4.69, 9.17) is 5.73 Å². The number of hydrogen-bond acceptors (Lipinski definition) is 3. The third-order valence-corrected chi connectivity index (χ3v) is 4.62. The number of hydrogen-bond donors (Lipinski definition) is 1. The average molecular weight is 301 g/mol. The van der Waals surface area contributed by atoms with Crippen molar-refractivity contribution in [3.63, 3.8) is 0 Å². The van der Waals surface area contributed by atoms with Gasteiger partial charge in [0, 0.05) is 40.8 Å². The van der Waals surface area contributed by atoms with Gasteiger partial charge in [0.15, 0.2) is 0 Å². The van der Waals surface area contributed by atoms with Gasteiger partial charge in [-0.2, -0.15) is 11.8 Å². The van der Waals surface area contributed by atoms with Crippen LogP contribution in [0, 0.1) is 0 Å². The van der Waals surface area contributed by atoms with Crippen LogP contribution in [0.25, 0.3) is 0 Å². The lowest BCUT2D eigenvalue weighted by Gasteiger charge is -2.36. The Kier molecular flexibility index (Phi) is 4.16. The molecule has 0 saturated carbocycles. The van der Waals surface area contributed by atoms with E-state index < -0.39 is 0 Å². The minimum absolute atomic E-state index is 0.602. The highest BCUT2D eigenvalue weighted by Crippen LogP contribution is 2.29. The molecular weight excluding hydrogens is 284 g/mol. The number of nitrogens with two attached hydrogens (primary N) is 1. The summed E-state index contributed by atoms with van der Waals surface area (Å²) in [6.45, 7) is 4.01. The van der Waals surface area contributed by atoms with Crippen molar-refractivity contribution < 1.29 is 0 Å². The van der Waals surface area contributed by atoms with Gasteiger partial charge in [0.05, 0.1) is 0 Å². The molecule has 0 aliphatic carbocycles. The van der Waals surface area contributed by atoms with Crippen molar-refractivity contribution in [3.8, 4) is 0 Å². The minimum Gasteiger partial charge on any atom is -0.367 e. The summed E-state index contributed by atoms with van der Waals surface area (Å²) in [6, 6.07) is 7.01. The second-order valence-electron chi connectivity index (χ2n) is 4.09. The van der Waals surface area contributed by atoms with Crippen LogP contribution in [0.3, 0.4) is 0 Å². The summed E-state index contributed by atoms with van der Waals surface area (Å²) >= 11 is 5.53. The second kappa shape index (κ2) is 5.43. The first-order valence-electron chi connectivity index (χ1n) is 5.55. The molecular formula is C12H17BrN2S. The largest absolute Gasteiger partial charge is 0.367 e. The summed E-state index contributed by atoms with van der Waals surface area (Å²) in [7, 11) is 0. The normalized spacial score (nSPS) is 21.2. The average Bonchev–Trinajstić information content (AvgIpc) is 2.30. The van der Waals surface area contributed by atoms with Crippen molar-refractivity contribution in [2.24, 2.45) is 5.73 Å².